The summed E-state index contributed by atoms with van der Waals surface area (Å²) in [5.41, 5.74) is 1.94. The minimum atomic E-state index is 0.0909. The summed E-state index contributed by atoms with van der Waals surface area (Å²) in [6.45, 7) is 5.04. The molecule has 1 atom stereocenters. The van der Waals surface area contributed by atoms with E-state index in [9.17, 15) is 4.79 Å². The molecule has 2 aromatic rings. The van der Waals surface area contributed by atoms with Crippen molar-refractivity contribution in [1.29, 1.82) is 0 Å². The molecule has 0 saturated carbocycles. The third-order valence-electron chi connectivity index (χ3n) is 6.45. The first-order valence-electron chi connectivity index (χ1n) is 10.2. The zero-order chi connectivity index (χ0) is 18.5. The molecule has 0 aromatic carbocycles. The summed E-state index contributed by atoms with van der Waals surface area (Å²) in [6.07, 6.45) is 6.54. The average Bonchev–Trinajstić information content (AvgIpc) is 3.36. The van der Waals surface area contributed by atoms with Crippen molar-refractivity contribution in [3.63, 3.8) is 0 Å². The van der Waals surface area contributed by atoms with Gasteiger partial charge in [0.25, 0.3) is 5.91 Å². The lowest BCUT2D eigenvalue weighted by molar-refractivity contribution is 0.0702. The molecule has 5 rings (SSSR count). The molecule has 1 amide bonds. The van der Waals surface area contributed by atoms with E-state index in [1.165, 1.54) is 6.42 Å². The molecule has 0 bridgehead atoms. The zero-order valence-corrected chi connectivity index (χ0v) is 16.2. The van der Waals surface area contributed by atoms with Crippen LogP contribution in [0.5, 0.6) is 0 Å². The molecule has 7 nitrogen and oxygen atoms in total. The molecule has 27 heavy (non-hydrogen) atoms. The van der Waals surface area contributed by atoms with Gasteiger partial charge in [-0.1, -0.05) is 0 Å². The molecule has 0 unspecified atom stereocenters. The molecule has 1 saturated heterocycles. The van der Waals surface area contributed by atoms with E-state index in [1.54, 1.807) is 0 Å². The summed E-state index contributed by atoms with van der Waals surface area (Å²) in [5, 5.41) is 8.92. The molecular weight excluding hydrogens is 342 g/mol. The van der Waals surface area contributed by atoms with Crippen molar-refractivity contribution < 1.29 is 9.21 Å². The number of hydrogen-bond donors (Lipinski definition) is 0. The van der Waals surface area contributed by atoms with Crippen molar-refractivity contribution in [3.05, 3.63) is 34.3 Å². The molecule has 0 N–H and O–H groups in total. The Labute approximate surface area is 159 Å². The van der Waals surface area contributed by atoms with Gasteiger partial charge in [-0.05, 0) is 52.6 Å². The first-order valence-corrected chi connectivity index (χ1v) is 10.2. The largest absolute Gasteiger partial charge is 0.465 e. The van der Waals surface area contributed by atoms with E-state index < -0.39 is 0 Å². The maximum absolute atomic E-state index is 13.3. The second-order valence-electron chi connectivity index (χ2n) is 8.13. The number of aryl methyl sites for hydroxylation is 2. The van der Waals surface area contributed by atoms with Gasteiger partial charge in [-0.3, -0.25) is 9.69 Å². The van der Waals surface area contributed by atoms with Crippen molar-refractivity contribution in [2.45, 2.75) is 64.6 Å². The third kappa shape index (κ3) is 2.71. The van der Waals surface area contributed by atoms with E-state index >= 15 is 0 Å². The highest BCUT2D eigenvalue weighted by Crippen LogP contribution is 2.33. The topological polar surface area (TPSA) is 67.4 Å². The van der Waals surface area contributed by atoms with Crippen LogP contribution in [0.3, 0.4) is 0 Å². The monoisotopic (exact) mass is 369 g/mol. The number of fused-ring (bicyclic) bond motifs is 2. The van der Waals surface area contributed by atoms with Crippen LogP contribution in [0.1, 0.15) is 70.8 Å². The molecule has 144 valence electrons. The molecule has 4 heterocycles. The minimum Gasteiger partial charge on any atom is -0.465 e. The van der Waals surface area contributed by atoms with Gasteiger partial charge in [-0.25, -0.2) is 0 Å². The summed E-state index contributed by atoms with van der Waals surface area (Å²) < 4.78 is 8.15. The first-order chi connectivity index (χ1) is 13.1. The maximum Gasteiger partial charge on any atom is 0.258 e. The molecular formula is C20H27N5O2. The van der Waals surface area contributed by atoms with Crippen LogP contribution in [0.25, 0.3) is 0 Å². The maximum atomic E-state index is 13.3. The highest BCUT2D eigenvalue weighted by atomic mass is 16.3. The zero-order valence-electron chi connectivity index (χ0n) is 16.2. The number of rotatable bonds is 2. The van der Waals surface area contributed by atoms with Crippen LogP contribution in [0, 0.1) is 6.92 Å². The molecule has 7 heteroatoms. The van der Waals surface area contributed by atoms with Crippen LogP contribution in [0.2, 0.25) is 0 Å². The molecule has 0 spiro atoms. The number of aromatic nitrogens is 3. The predicted octanol–water partition coefficient (Wildman–Crippen LogP) is 2.48. The number of nitrogens with zero attached hydrogens (tertiary/aromatic N) is 5. The Hall–Kier alpha value is -2.15. The van der Waals surface area contributed by atoms with Gasteiger partial charge < -0.3 is 13.9 Å². The lowest BCUT2D eigenvalue weighted by Gasteiger charge is -2.29. The fourth-order valence-corrected chi connectivity index (χ4v) is 4.98. The van der Waals surface area contributed by atoms with Gasteiger partial charge >= 0.3 is 0 Å². The molecule has 2 aliphatic heterocycles. The molecule has 2 aromatic heterocycles. The number of carbonyl (C=O) groups excluding carboxylic acids is 1. The van der Waals surface area contributed by atoms with Gasteiger partial charge in [-0.15, -0.1) is 10.2 Å². The van der Waals surface area contributed by atoms with E-state index in [1.807, 2.05) is 11.8 Å². The van der Waals surface area contributed by atoms with Crippen LogP contribution in [0.15, 0.2) is 4.42 Å². The van der Waals surface area contributed by atoms with Crippen molar-refractivity contribution in [2.75, 3.05) is 20.1 Å². The number of furan rings is 1. The third-order valence-corrected chi connectivity index (χ3v) is 6.45. The Morgan fingerprint density at radius 2 is 1.96 bits per heavy atom. The van der Waals surface area contributed by atoms with Gasteiger partial charge in [0.1, 0.15) is 11.5 Å². The van der Waals surface area contributed by atoms with Gasteiger partial charge in [0.05, 0.1) is 18.2 Å². The van der Waals surface area contributed by atoms with Gasteiger partial charge in [-0.2, -0.15) is 0 Å². The highest BCUT2D eigenvalue weighted by Gasteiger charge is 2.34. The van der Waals surface area contributed by atoms with Crippen LogP contribution in [-0.2, 0) is 25.9 Å². The van der Waals surface area contributed by atoms with E-state index in [0.717, 1.165) is 79.5 Å². The second-order valence-corrected chi connectivity index (χ2v) is 8.13. The van der Waals surface area contributed by atoms with Crippen LogP contribution >= 0.6 is 0 Å². The van der Waals surface area contributed by atoms with Crippen molar-refractivity contribution >= 4 is 5.91 Å². The smallest absolute Gasteiger partial charge is 0.258 e. The summed E-state index contributed by atoms with van der Waals surface area (Å²) in [7, 11) is 2.16. The van der Waals surface area contributed by atoms with E-state index in [0.29, 0.717) is 19.1 Å². The van der Waals surface area contributed by atoms with Crippen molar-refractivity contribution in [3.8, 4) is 0 Å². The van der Waals surface area contributed by atoms with Crippen LogP contribution < -0.4 is 0 Å². The van der Waals surface area contributed by atoms with Crippen LogP contribution in [0.4, 0.5) is 0 Å². The SMILES string of the molecule is Cc1oc2c(c1C(=O)N1CCn3c(nnc3[C@H]3CCCN3C)C1)CCCC2. The predicted molar refractivity (Wildman–Crippen MR) is 99.5 cm³/mol. The highest BCUT2D eigenvalue weighted by molar-refractivity contribution is 5.97. The van der Waals surface area contributed by atoms with Crippen molar-refractivity contribution in [2.24, 2.45) is 0 Å². The van der Waals surface area contributed by atoms with Gasteiger partial charge in [0.15, 0.2) is 11.6 Å². The van der Waals surface area contributed by atoms with E-state index in [4.69, 9.17) is 4.42 Å². The fraction of sp³-hybridized carbons (Fsp3) is 0.650. The number of hydrogen-bond acceptors (Lipinski definition) is 5. The molecule has 0 radical (unpaired) electrons. The standard InChI is InChI=1S/C20H27N5O2/c1-13-18(14-6-3-4-8-16(14)27-13)20(26)24-10-11-25-17(12-24)21-22-19(25)15-7-5-9-23(15)2/h15H,3-12H2,1-2H3/t15-/m1/s1. The summed E-state index contributed by atoms with van der Waals surface area (Å²) in [4.78, 5) is 17.6. The molecule has 1 aliphatic carbocycles. The first kappa shape index (κ1) is 17.0. The van der Waals surface area contributed by atoms with Crippen molar-refractivity contribution in [1.82, 2.24) is 24.6 Å². The number of amides is 1. The molecule has 3 aliphatic rings. The lowest BCUT2D eigenvalue weighted by Crippen LogP contribution is -2.39. The fourth-order valence-electron chi connectivity index (χ4n) is 4.98. The summed E-state index contributed by atoms with van der Waals surface area (Å²) in [5.74, 6) is 3.85. The Morgan fingerprint density at radius 3 is 2.78 bits per heavy atom. The second kappa shape index (κ2) is 6.48. The van der Waals surface area contributed by atoms with E-state index in [-0.39, 0.29) is 5.91 Å². The molecule has 1 fully saturated rings. The van der Waals surface area contributed by atoms with Crippen LogP contribution in [-0.4, -0.2) is 50.6 Å². The minimum absolute atomic E-state index is 0.0909. The number of likely N-dealkylation sites (tertiary alicyclic amines) is 1. The Balaban J connectivity index is 1.40. The van der Waals surface area contributed by atoms with E-state index in [2.05, 4.69) is 26.7 Å². The average molecular weight is 369 g/mol. The Bertz CT molecular complexity index is 883. The lowest BCUT2D eigenvalue weighted by atomic mass is 9.94. The van der Waals surface area contributed by atoms with Gasteiger partial charge in [0.2, 0.25) is 0 Å². The Morgan fingerprint density at radius 1 is 1.11 bits per heavy atom. The number of carbonyl (C=O) groups is 1. The Kier molecular flexibility index (Phi) is 4.07. The normalized spacial score (nSPS) is 22.7. The quantitative estimate of drug-likeness (QED) is 0.814. The summed E-state index contributed by atoms with van der Waals surface area (Å²) in [6, 6.07) is 0.358. The van der Waals surface area contributed by atoms with Gasteiger partial charge in [0, 0.05) is 25.1 Å². The summed E-state index contributed by atoms with van der Waals surface area (Å²) >= 11 is 0.